The fraction of sp³-hybridized carbons (Fsp3) is 0.231. The fourth-order valence-electron chi connectivity index (χ4n) is 1.82. The van der Waals surface area contributed by atoms with Gasteiger partial charge in [-0.3, -0.25) is 4.72 Å². The van der Waals surface area contributed by atoms with Crippen LogP contribution < -0.4 is 10.0 Å². The Kier molecular flexibility index (Phi) is 5.03. The predicted octanol–water partition coefficient (Wildman–Crippen LogP) is 3.48. The second-order valence-corrected chi connectivity index (χ2v) is 8.30. The van der Waals surface area contributed by atoms with E-state index in [0.29, 0.717) is 15.9 Å². The zero-order valence-corrected chi connectivity index (χ0v) is 14.6. The van der Waals surface area contributed by atoms with E-state index >= 15 is 0 Å². The summed E-state index contributed by atoms with van der Waals surface area (Å²) in [7, 11) is -2.01. The van der Waals surface area contributed by atoms with Gasteiger partial charge in [-0.25, -0.2) is 12.8 Å². The number of hydrogen-bond donors (Lipinski definition) is 2. The van der Waals surface area contributed by atoms with Crippen molar-refractivity contribution in [2.75, 3.05) is 11.8 Å². The quantitative estimate of drug-likeness (QED) is 0.818. The molecule has 0 bridgehead atoms. The first-order chi connectivity index (χ1) is 9.83. The molecule has 0 aliphatic rings. The van der Waals surface area contributed by atoms with Gasteiger partial charge in [0, 0.05) is 20.8 Å². The van der Waals surface area contributed by atoms with E-state index in [4.69, 9.17) is 0 Å². The molecule has 1 aromatic heterocycles. The molecule has 114 valence electrons. The molecule has 0 aliphatic carbocycles. The zero-order chi connectivity index (χ0) is 15.6. The van der Waals surface area contributed by atoms with Gasteiger partial charge in [0.1, 0.15) is 10.7 Å². The van der Waals surface area contributed by atoms with E-state index in [-0.39, 0.29) is 10.6 Å². The van der Waals surface area contributed by atoms with E-state index in [0.717, 1.165) is 4.88 Å². The first-order valence-corrected chi connectivity index (χ1v) is 9.14. The SMILES string of the molecule is CNCc1cc(S(=O)(=O)Nc2ccc(Br)cc2F)c(C)s1. The molecular weight excluding hydrogens is 379 g/mol. The third-order valence-corrected chi connectivity index (χ3v) is 5.90. The molecule has 0 amide bonds. The highest BCUT2D eigenvalue weighted by molar-refractivity contribution is 9.10. The largest absolute Gasteiger partial charge is 0.315 e. The summed E-state index contributed by atoms with van der Waals surface area (Å²) in [5.41, 5.74) is -0.0704. The molecule has 1 aromatic carbocycles. The molecule has 0 spiro atoms. The van der Waals surface area contributed by atoms with Crippen molar-refractivity contribution in [1.29, 1.82) is 0 Å². The molecule has 0 saturated heterocycles. The van der Waals surface area contributed by atoms with Crippen molar-refractivity contribution < 1.29 is 12.8 Å². The average molecular weight is 393 g/mol. The maximum atomic E-state index is 13.8. The molecule has 1 heterocycles. The van der Waals surface area contributed by atoms with E-state index in [2.05, 4.69) is 26.0 Å². The van der Waals surface area contributed by atoms with Crippen LogP contribution in [-0.2, 0) is 16.6 Å². The second kappa shape index (κ2) is 6.43. The summed E-state index contributed by atoms with van der Waals surface area (Å²) in [6, 6.07) is 5.78. The Bertz CT molecular complexity index is 760. The molecule has 2 N–H and O–H groups in total. The van der Waals surface area contributed by atoms with Crippen molar-refractivity contribution in [3.8, 4) is 0 Å². The Hall–Kier alpha value is -0.960. The average Bonchev–Trinajstić information content (AvgIpc) is 2.75. The molecule has 0 unspecified atom stereocenters. The number of rotatable bonds is 5. The predicted molar refractivity (Wildman–Crippen MR) is 86.7 cm³/mol. The van der Waals surface area contributed by atoms with Gasteiger partial charge in [0.15, 0.2) is 0 Å². The van der Waals surface area contributed by atoms with Crippen LogP contribution >= 0.6 is 27.3 Å². The van der Waals surface area contributed by atoms with Gasteiger partial charge in [0.25, 0.3) is 10.0 Å². The van der Waals surface area contributed by atoms with E-state index < -0.39 is 15.8 Å². The van der Waals surface area contributed by atoms with E-state index in [1.165, 1.54) is 23.5 Å². The van der Waals surface area contributed by atoms with Gasteiger partial charge in [-0.05, 0) is 38.2 Å². The lowest BCUT2D eigenvalue weighted by Crippen LogP contribution is -2.14. The van der Waals surface area contributed by atoms with Gasteiger partial charge in [-0.1, -0.05) is 15.9 Å². The van der Waals surface area contributed by atoms with Crippen LogP contribution in [0.2, 0.25) is 0 Å². The molecular formula is C13H14BrFN2O2S2. The van der Waals surface area contributed by atoms with Crippen LogP contribution in [0.1, 0.15) is 9.75 Å². The lowest BCUT2D eigenvalue weighted by molar-refractivity contribution is 0.598. The van der Waals surface area contributed by atoms with Gasteiger partial charge < -0.3 is 5.32 Å². The highest BCUT2D eigenvalue weighted by Gasteiger charge is 2.21. The molecule has 4 nitrogen and oxygen atoms in total. The van der Waals surface area contributed by atoms with Crippen molar-refractivity contribution in [2.45, 2.75) is 18.4 Å². The van der Waals surface area contributed by atoms with Crippen molar-refractivity contribution >= 4 is 43.0 Å². The normalized spacial score (nSPS) is 11.6. The summed E-state index contributed by atoms with van der Waals surface area (Å²) >= 11 is 4.53. The van der Waals surface area contributed by atoms with Crippen LogP contribution in [0.3, 0.4) is 0 Å². The van der Waals surface area contributed by atoms with Crippen LogP contribution in [-0.4, -0.2) is 15.5 Å². The Morgan fingerprint density at radius 1 is 1.33 bits per heavy atom. The number of hydrogen-bond acceptors (Lipinski definition) is 4. The molecule has 0 radical (unpaired) electrons. The number of sulfonamides is 1. The number of benzene rings is 1. The lowest BCUT2D eigenvalue weighted by atomic mass is 10.3. The third kappa shape index (κ3) is 3.82. The Labute approximate surface area is 135 Å². The Morgan fingerprint density at radius 2 is 2.05 bits per heavy atom. The van der Waals surface area contributed by atoms with Gasteiger partial charge in [0.05, 0.1) is 5.69 Å². The van der Waals surface area contributed by atoms with E-state index in [1.54, 1.807) is 26.1 Å². The van der Waals surface area contributed by atoms with Crippen LogP contribution in [0.5, 0.6) is 0 Å². The van der Waals surface area contributed by atoms with Crippen molar-refractivity contribution in [2.24, 2.45) is 0 Å². The molecule has 0 fully saturated rings. The van der Waals surface area contributed by atoms with E-state index in [9.17, 15) is 12.8 Å². The standard InChI is InChI=1S/C13H14BrFN2O2S2/c1-8-13(6-10(20-8)7-16-2)21(18,19)17-12-4-3-9(14)5-11(12)15/h3-6,16-17H,7H2,1-2H3. The number of nitrogens with one attached hydrogen (secondary N) is 2. The maximum absolute atomic E-state index is 13.8. The summed E-state index contributed by atoms with van der Waals surface area (Å²) in [5.74, 6) is -0.628. The summed E-state index contributed by atoms with van der Waals surface area (Å²) in [6.07, 6.45) is 0. The smallest absolute Gasteiger partial charge is 0.263 e. The zero-order valence-electron chi connectivity index (χ0n) is 11.4. The minimum absolute atomic E-state index is 0.0704. The molecule has 0 saturated carbocycles. The number of anilines is 1. The number of aryl methyl sites for hydroxylation is 1. The van der Waals surface area contributed by atoms with Gasteiger partial charge in [0.2, 0.25) is 0 Å². The minimum atomic E-state index is -3.80. The topological polar surface area (TPSA) is 58.2 Å². The number of halogens is 2. The van der Waals surface area contributed by atoms with Crippen LogP contribution in [0.4, 0.5) is 10.1 Å². The molecule has 2 aromatic rings. The van der Waals surface area contributed by atoms with Gasteiger partial charge in [-0.2, -0.15) is 0 Å². The Balaban J connectivity index is 2.34. The van der Waals surface area contributed by atoms with Gasteiger partial charge in [-0.15, -0.1) is 11.3 Å². The van der Waals surface area contributed by atoms with Crippen molar-refractivity contribution in [3.05, 3.63) is 44.3 Å². The highest BCUT2D eigenvalue weighted by atomic mass is 79.9. The third-order valence-electron chi connectivity index (χ3n) is 2.74. The van der Waals surface area contributed by atoms with Crippen LogP contribution in [0.25, 0.3) is 0 Å². The first-order valence-electron chi connectivity index (χ1n) is 6.05. The fourth-order valence-corrected chi connectivity index (χ4v) is 4.87. The molecule has 0 aliphatic heterocycles. The first kappa shape index (κ1) is 16.4. The summed E-state index contributed by atoms with van der Waals surface area (Å²) < 4.78 is 41.3. The van der Waals surface area contributed by atoms with Gasteiger partial charge >= 0.3 is 0 Å². The van der Waals surface area contributed by atoms with Crippen LogP contribution in [0.15, 0.2) is 33.6 Å². The van der Waals surface area contributed by atoms with Crippen molar-refractivity contribution in [1.82, 2.24) is 5.32 Å². The summed E-state index contributed by atoms with van der Waals surface area (Å²) in [5, 5.41) is 2.97. The molecule has 21 heavy (non-hydrogen) atoms. The Morgan fingerprint density at radius 3 is 2.67 bits per heavy atom. The number of thiophene rings is 1. The van der Waals surface area contributed by atoms with Crippen molar-refractivity contribution in [3.63, 3.8) is 0 Å². The van der Waals surface area contributed by atoms with Crippen LogP contribution in [0, 0.1) is 12.7 Å². The lowest BCUT2D eigenvalue weighted by Gasteiger charge is -2.08. The summed E-state index contributed by atoms with van der Waals surface area (Å²) in [4.78, 5) is 1.76. The monoisotopic (exact) mass is 392 g/mol. The van der Waals surface area contributed by atoms with E-state index in [1.807, 2.05) is 0 Å². The molecule has 0 atom stereocenters. The molecule has 2 rings (SSSR count). The minimum Gasteiger partial charge on any atom is -0.315 e. The molecule has 8 heteroatoms. The summed E-state index contributed by atoms with van der Waals surface area (Å²) in [6.45, 7) is 2.32. The maximum Gasteiger partial charge on any atom is 0.263 e. The second-order valence-electron chi connectivity index (χ2n) is 4.39. The highest BCUT2D eigenvalue weighted by Crippen LogP contribution is 2.28.